The summed E-state index contributed by atoms with van der Waals surface area (Å²) in [7, 11) is 0. The lowest BCUT2D eigenvalue weighted by atomic mass is 9.92. The third-order valence-electron chi connectivity index (χ3n) is 5.89. The first kappa shape index (κ1) is 21.6. The van der Waals surface area contributed by atoms with Crippen molar-refractivity contribution in [3.8, 4) is 0 Å². The standard InChI is InChI=1S/C24H32N2O2S/c1-5-7-22(27)26(18(4)6-2)16-23(28)25-14-12-21-20(13-15-29-21)24(25)19-10-8-17(3)9-11-19/h8-11,13,15,18,24H,5-7,12,14,16H2,1-4H3/t18-,24-/m0/s1. The van der Waals surface area contributed by atoms with E-state index in [1.807, 2.05) is 18.7 Å². The molecule has 0 fully saturated rings. The number of carbonyl (C=O) groups excluding carboxylic acids is 2. The SMILES string of the molecule is CCCC(=O)N(CC(=O)N1CCc2sccc2[C@@H]1c1ccc(C)cc1)[C@@H](C)CC. The van der Waals surface area contributed by atoms with Crippen molar-refractivity contribution in [2.75, 3.05) is 13.1 Å². The number of benzene rings is 1. The van der Waals surface area contributed by atoms with Gasteiger partial charge in [-0.15, -0.1) is 11.3 Å². The van der Waals surface area contributed by atoms with Gasteiger partial charge in [0.25, 0.3) is 0 Å². The van der Waals surface area contributed by atoms with Gasteiger partial charge in [0.2, 0.25) is 11.8 Å². The van der Waals surface area contributed by atoms with Gasteiger partial charge in [-0.05, 0) is 55.7 Å². The van der Waals surface area contributed by atoms with E-state index in [-0.39, 0.29) is 30.4 Å². The first-order valence-corrected chi connectivity index (χ1v) is 11.6. The van der Waals surface area contributed by atoms with Crippen molar-refractivity contribution in [3.63, 3.8) is 0 Å². The Morgan fingerprint density at radius 3 is 2.59 bits per heavy atom. The van der Waals surface area contributed by atoms with E-state index < -0.39 is 0 Å². The van der Waals surface area contributed by atoms with Crippen LogP contribution in [0.1, 0.15) is 67.6 Å². The average Bonchev–Trinajstić information content (AvgIpc) is 3.20. The summed E-state index contributed by atoms with van der Waals surface area (Å²) in [6.07, 6.45) is 3.02. The molecule has 2 amide bonds. The number of fused-ring (bicyclic) bond motifs is 1. The maximum Gasteiger partial charge on any atom is 0.243 e. The van der Waals surface area contributed by atoms with Gasteiger partial charge in [-0.3, -0.25) is 9.59 Å². The zero-order valence-electron chi connectivity index (χ0n) is 18.0. The first-order valence-electron chi connectivity index (χ1n) is 10.7. The second kappa shape index (κ2) is 9.57. The molecule has 0 unspecified atom stereocenters. The third-order valence-corrected chi connectivity index (χ3v) is 6.89. The van der Waals surface area contributed by atoms with Crippen LogP contribution in [0.5, 0.6) is 0 Å². The summed E-state index contributed by atoms with van der Waals surface area (Å²) < 4.78 is 0. The molecule has 0 spiro atoms. The Hall–Kier alpha value is -2.14. The number of hydrogen-bond donors (Lipinski definition) is 0. The van der Waals surface area contributed by atoms with E-state index in [1.165, 1.54) is 16.0 Å². The molecule has 0 N–H and O–H groups in total. The Morgan fingerprint density at radius 2 is 1.93 bits per heavy atom. The van der Waals surface area contributed by atoms with Crippen LogP contribution in [0.15, 0.2) is 35.7 Å². The molecule has 0 saturated carbocycles. The predicted octanol–water partition coefficient (Wildman–Crippen LogP) is 4.96. The molecule has 29 heavy (non-hydrogen) atoms. The molecular weight excluding hydrogens is 380 g/mol. The summed E-state index contributed by atoms with van der Waals surface area (Å²) in [4.78, 5) is 31.2. The van der Waals surface area contributed by atoms with Gasteiger partial charge < -0.3 is 9.80 Å². The number of nitrogens with zero attached hydrogens (tertiary/aromatic N) is 2. The molecule has 3 rings (SSSR count). The minimum atomic E-state index is -0.0711. The van der Waals surface area contributed by atoms with Crippen LogP contribution in [0.3, 0.4) is 0 Å². The molecule has 0 saturated heterocycles. The lowest BCUT2D eigenvalue weighted by molar-refractivity contribution is -0.143. The highest BCUT2D eigenvalue weighted by atomic mass is 32.1. The zero-order valence-corrected chi connectivity index (χ0v) is 18.8. The zero-order chi connectivity index (χ0) is 21.0. The highest BCUT2D eigenvalue weighted by Gasteiger charge is 2.34. The fourth-order valence-corrected chi connectivity index (χ4v) is 4.90. The van der Waals surface area contributed by atoms with Crippen molar-refractivity contribution in [2.24, 2.45) is 0 Å². The van der Waals surface area contributed by atoms with Gasteiger partial charge in [-0.25, -0.2) is 0 Å². The quantitative estimate of drug-likeness (QED) is 0.645. The summed E-state index contributed by atoms with van der Waals surface area (Å²) in [5.41, 5.74) is 3.58. The second-order valence-electron chi connectivity index (χ2n) is 7.98. The van der Waals surface area contributed by atoms with Gasteiger partial charge in [0, 0.05) is 23.9 Å². The molecule has 1 aliphatic rings. The molecule has 1 aliphatic heterocycles. The normalized spacial score (nSPS) is 17.0. The van der Waals surface area contributed by atoms with Gasteiger partial charge in [-0.1, -0.05) is 43.7 Å². The molecule has 0 bridgehead atoms. The molecule has 0 aliphatic carbocycles. The van der Waals surface area contributed by atoms with E-state index in [4.69, 9.17) is 0 Å². The average molecular weight is 413 g/mol. The van der Waals surface area contributed by atoms with E-state index in [9.17, 15) is 9.59 Å². The lowest BCUT2D eigenvalue weighted by Gasteiger charge is -2.38. The maximum absolute atomic E-state index is 13.5. The number of thiophene rings is 1. The van der Waals surface area contributed by atoms with Crippen LogP contribution in [0.2, 0.25) is 0 Å². The predicted molar refractivity (Wildman–Crippen MR) is 119 cm³/mol. The summed E-state index contributed by atoms with van der Waals surface area (Å²) in [6.45, 7) is 9.04. The Bertz CT molecular complexity index is 843. The van der Waals surface area contributed by atoms with E-state index in [0.29, 0.717) is 13.0 Å². The minimum absolute atomic E-state index is 0.0391. The summed E-state index contributed by atoms with van der Waals surface area (Å²) in [5.74, 6) is 0.118. The molecule has 2 atom stereocenters. The van der Waals surface area contributed by atoms with Gasteiger partial charge in [0.15, 0.2) is 0 Å². The van der Waals surface area contributed by atoms with Crippen molar-refractivity contribution < 1.29 is 9.59 Å². The van der Waals surface area contributed by atoms with Crippen molar-refractivity contribution in [1.29, 1.82) is 0 Å². The molecule has 1 aromatic carbocycles. The number of amides is 2. The van der Waals surface area contributed by atoms with E-state index in [1.54, 1.807) is 16.2 Å². The van der Waals surface area contributed by atoms with Crippen LogP contribution in [0.25, 0.3) is 0 Å². The van der Waals surface area contributed by atoms with E-state index >= 15 is 0 Å². The second-order valence-corrected chi connectivity index (χ2v) is 8.98. The van der Waals surface area contributed by atoms with Crippen LogP contribution in [0, 0.1) is 6.92 Å². The number of carbonyl (C=O) groups is 2. The largest absolute Gasteiger partial charge is 0.331 e. The van der Waals surface area contributed by atoms with Crippen LogP contribution >= 0.6 is 11.3 Å². The monoisotopic (exact) mass is 412 g/mol. The van der Waals surface area contributed by atoms with Gasteiger partial charge in [0.05, 0.1) is 6.04 Å². The number of rotatable bonds is 7. The number of hydrogen-bond acceptors (Lipinski definition) is 3. The lowest BCUT2D eigenvalue weighted by Crippen LogP contribution is -2.49. The molecular formula is C24H32N2O2S. The topological polar surface area (TPSA) is 40.6 Å². The van der Waals surface area contributed by atoms with E-state index in [2.05, 4.69) is 49.6 Å². The van der Waals surface area contributed by atoms with Crippen molar-refractivity contribution in [1.82, 2.24) is 9.80 Å². The molecule has 2 heterocycles. The molecule has 4 nitrogen and oxygen atoms in total. The Balaban J connectivity index is 1.89. The minimum Gasteiger partial charge on any atom is -0.331 e. The van der Waals surface area contributed by atoms with Crippen LogP contribution in [-0.2, 0) is 16.0 Å². The Labute approximate surface area is 178 Å². The molecule has 1 aromatic heterocycles. The highest BCUT2D eigenvalue weighted by Crippen LogP contribution is 2.38. The van der Waals surface area contributed by atoms with Gasteiger partial charge in [-0.2, -0.15) is 0 Å². The van der Waals surface area contributed by atoms with Crippen molar-refractivity contribution in [3.05, 3.63) is 57.3 Å². The fraction of sp³-hybridized carbons (Fsp3) is 0.500. The maximum atomic E-state index is 13.5. The third kappa shape index (κ3) is 4.72. The van der Waals surface area contributed by atoms with E-state index in [0.717, 1.165) is 24.8 Å². The Kier molecular flexibility index (Phi) is 7.12. The highest BCUT2D eigenvalue weighted by molar-refractivity contribution is 7.10. The summed E-state index contributed by atoms with van der Waals surface area (Å²) >= 11 is 1.77. The fourth-order valence-electron chi connectivity index (χ4n) is 4.00. The van der Waals surface area contributed by atoms with Crippen LogP contribution in [-0.4, -0.2) is 40.7 Å². The van der Waals surface area contributed by atoms with Crippen molar-refractivity contribution >= 4 is 23.2 Å². The molecule has 5 heteroatoms. The number of aryl methyl sites for hydroxylation is 1. The summed E-state index contributed by atoms with van der Waals surface area (Å²) in [5, 5.41) is 2.12. The van der Waals surface area contributed by atoms with Gasteiger partial charge >= 0.3 is 0 Å². The smallest absolute Gasteiger partial charge is 0.243 e. The Morgan fingerprint density at radius 1 is 1.21 bits per heavy atom. The molecule has 0 radical (unpaired) electrons. The molecule has 156 valence electrons. The van der Waals surface area contributed by atoms with Gasteiger partial charge in [0.1, 0.15) is 6.54 Å². The first-order chi connectivity index (χ1) is 14.0. The van der Waals surface area contributed by atoms with Crippen LogP contribution < -0.4 is 0 Å². The van der Waals surface area contributed by atoms with Crippen LogP contribution in [0.4, 0.5) is 0 Å². The molecule has 2 aromatic rings. The van der Waals surface area contributed by atoms with Crippen molar-refractivity contribution in [2.45, 2.75) is 65.5 Å². The summed E-state index contributed by atoms with van der Waals surface area (Å²) in [6, 6.07) is 10.6.